The van der Waals surface area contributed by atoms with Crippen molar-refractivity contribution in [3.63, 3.8) is 0 Å². The average molecular weight is 415 g/mol. The maximum absolute atomic E-state index is 12.7. The molecule has 1 aliphatic heterocycles. The molecule has 0 saturated heterocycles. The van der Waals surface area contributed by atoms with Crippen LogP contribution >= 0.6 is 11.8 Å². The molecule has 0 radical (unpaired) electrons. The summed E-state index contributed by atoms with van der Waals surface area (Å²) < 4.78 is 0. The number of phenols is 2. The van der Waals surface area contributed by atoms with Gasteiger partial charge in [0.15, 0.2) is 0 Å². The summed E-state index contributed by atoms with van der Waals surface area (Å²) in [4.78, 5) is 13.6. The van der Waals surface area contributed by atoms with Crippen LogP contribution in [0.3, 0.4) is 0 Å². The molecule has 1 heterocycles. The number of unbranched alkanes of at least 4 members (excludes halogenated alkanes) is 2. The Bertz CT molecular complexity index is 879. The predicted octanol–water partition coefficient (Wildman–Crippen LogP) is 5.92. The van der Waals surface area contributed by atoms with Crippen LogP contribution in [0.4, 0.5) is 0 Å². The lowest BCUT2D eigenvalue weighted by Gasteiger charge is -2.50. The highest BCUT2D eigenvalue weighted by atomic mass is 32.2. The van der Waals surface area contributed by atoms with Gasteiger partial charge in [-0.05, 0) is 48.7 Å². The van der Waals surface area contributed by atoms with E-state index in [9.17, 15) is 20.1 Å². The quantitative estimate of drug-likeness (QED) is 0.491. The zero-order chi connectivity index (χ0) is 21.2. The number of aliphatic carboxylic acids is 1. The lowest BCUT2D eigenvalue weighted by atomic mass is 9.57. The zero-order valence-electron chi connectivity index (χ0n) is 17.3. The van der Waals surface area contributed by atoms with E-state index in [0.29, 0.717) is 12.2 Å². The number of thioether (sulfide) groups is 1. The number of fused-ring (bicyclic) bond motifs is 1. The number of benzene rings is 2. The van der Waals surface area contributed by atoms with Gasteiger partial charge in [-0.1, -0.05) is 51.3 Å². The maximum atomic E-state index is 12.7. The molecule has 0 aromatic heterocycles. The fourth-order valence-electron chi connectivity index (χ4n) is 4.80. The van der Waals surface area contributed by atoms with Crippen molar-refractivity contribution in [3.05, 3.63) is 53.6 Å². The van der Waals surface area contributed by atoms with E-state index >= 15 is 0 Å². The van der Waals surface area contributed by atoms with E-state index in [2.05, 4.69) is 13.8 Å². The van der Waals surface area contributed by atoms with Gasteiger partial charge in [0.05, 0.1) is 5.41 Å². The van der Waals surface area contributed by atoms with Crippen molar-refractivity contribution in [3.8, 4) is 11.5 Å². The first-order valence-corrected chi connectivity index (χ1v) is 11.2. The lowest BCUT2D eigenvalue weighted by molar-refractivity contribution is -0.151. The fraction of sp³-hybridized carbons (Fsp3) is 0.458. The van der Waals surface area contributed by atoms with E-state index in [1.165, 1.54) is 0 Å². The lowest BCUT2D eigenvalue weighted by Crippen LogP contribution is -2.48. The monoisotopic (exact) mass is 414 g/mol. The smallest absolute Gasteiger partial charge is 0.310 e. The van der Waals surface area contributed by atoms with Crippen molar-refractivity contribution in [2.45, 2.75) is 62.7 Å². The van der Waals surface area contributed by atoms with Gasteiger partial charge in [0.1, 0.15) is 11.5 Å². The molecule has 0 aliphatic carbocycles. The van der Waals surface area contributed by atoms with Gasteiger partial charge in [0.2, 0.25) is 0 Å². The highest BCUT2D eigenvalue weighted by molar-refractivity contribution is 7.99. The van der Waals surface area contributed by atoms with Gasteiger partial charge in [0.25, 0.3) is 0 Å². The Morgan fingerprint density at radius 1 is 1.14 bits per heavy atom. The summed E-state index contributed by atoms with van der Waals surface area (Å²) in [5.41, 5.74) is 0.626. The number of hydrogen-bond acceptors (Lipinski definition) is 4. The molecular formula is C24H30O4S. The van der Waals surface area contributed by atoms with Crippen LogP contribution in [0.2, 0.25) is 0 Å². The topological polar surface area (TPSA) is 77.8 Å². The van der Waals surface area contributed by atoms with Crippen LogP contribution in [0.5, 0.6) is 11.5 Å². The molecule has 156 valence electrons. The van der Waals surface area contributed by atoms with Gasteiger partial charge in [-0.15, -0.1) is 11.8 Å². The molecule has 0 bridgehead atoms. The van der Waals surface area contributed by atoms with Crippen LogP contribution in [0.25, 0.3) is 0 Å². The number of rotatable bonds is 7. The third-order valence-electron chi connectivity index (χ3n) is 6.42. The molecule has 3 unspecified atom stereocenters. The van der Waals surface area contributed by atoms with Gasteiger partial charge < -0.3 is 15.3 Å². The summed E-state index contributed by atoms with van der Waals surface area (Å²) in [5.74, 6) is 0.0633. The van der Waals surface area contributed by atoms with E-state index in [1.807, 2.05) is 25.1 Å². The van der Waals surface area contributed by atoms with Crippen LogP contribution < -0.4 is 0 Å². The number of phenolic OH excluding ortho intramolecular Hbond substituents is 2. The molecule has 3 atom stereocenters. The van der Waals surface area contributed by atoms with Crippen LogP contribution in [-0.2, 0) is 10.2 Å². The Labute approximate surface area is 177 Å². The van der Waals surface area contributed by atoms with Gasteiger partial charge in [-0.2, -0.15) is 0 Å². The Morgan fingerprint density at radius 2 is 1.79 bits per heavy atom. The number of aromatic hydroxyl groups is 2. The van der Waals surface area contributed by atoms with Crippen molar-refractivity contribution in [2.24, 2.45) is 5.41 Å². The SMILES string of the molecule is CCCCCC(C)(C(=O)O)C1c2ccc(O)cc2SCC1(C)c1ccc(O)cc1. The Morgan fingerprint density at radius 3 is 2.41 bits per heavy atom. The van der Waals surface area contributed by atoms with Crippen molar-refractivity contribution >= 4 is 17.7 Å². The Hall–Kier alpha value is -2.14. The molecule has 0 amide bonds. The van der Waals surface area contributed by atoms with E-state index in [4.69, 9.17) is 0 Å². The van der Waals surface area contributed by atoms with Gasteiger partial charge in [0, 0.05) is 22.0 Å². The second-order valence-electron chi connectivity index (χ2n) is 8.59. The highest BCUT2D eigenvalue weighted by Crippen LogP contribution is 2.58. The largest absolute Gasteiger partial charge is 0.508 e. The molecule has 2 aromatic carbocycles. The van der Waals surface area contributed by atoms with E-state index in [1.54, 1.807) is 36.0 Å². The first-order valence-electron chi connectivity index (χ1n) is 10.2. The predicted molar refractivity (Wildman–Crippen MR) is 117 cm³/mol. The third-order valence-corrected chi connectivity index (χ3v) is 7.83. The summed E-state index contributed by atoms with van der Waals surface area (Å²) in [6, 6.07) is 12.4. The molecule has 0 saturated carbocycles. The molecule has 0 spiro atoms. The molecule has 0 fully saturated rings. The molecule has 29 heavy (non-hydrogen) atoms. The highest BCUT2D eigenvalue weighted by Gasteiger charge is 2.54. The first kappa shape index (κ1) is 21.6. The minimum Gasteiger partial charge on any atom is -0.508 e. The van der Waals surface area contributed by atoms with Gasteiger partial charge >= 0.3 is 5.97 Å². The van der Waals surface area contributed by atoms with Crippen molar-refractivity contribution in [2.75, 3.05) is 5.75 Å². The molecule has 3 rings (SSSR count). The van der Waals surface area contributed by atoms with Crippen molar-refractivity contribution in [1.82, 2.24) is 0 Å². The number of hydrogen-bond donors (Lipinski definition) is 3. The van der Waals surface area contributed by atoms with Crippen LogP contribution in [0, 0.1) is 5.41 Å². The number of carboxylic acids is 1. The van der Waals surface area contributed by atoms with Crippen molar-refractivity contribution in [1.29, 1.82) is 0 Å². The maximum Gasteiger partial charge on any atom is 0.310 e. The van der Waals surface area contributed by atoms with Gasteiger partial charge in [-0.3, -0.25) is 4.79 Å². The van der Waals surface area contributed by atoms with E-state index < -0.39 is 16.8 Å². The molecular weight excluding hydrogens is 384 g/mol. The summed E-state index contributed by atoms with van der Waals surface area (Å²) in [7, 11) is 0. The first-order chi connectivity index (χ1) is 13.7. The van der Waals surface area contributed by atoms with Gasteiger partial charge in [-0.25, -0.2) is 0 Å². The summed E-state index contributed by atoms with van der Waals surface area (Å²) in [6.07, 6.45) is 3.50. The minimum absolute atomic E-state index is 0.200. The Balaban J connectivity index is 2.19. The third kappa shape index (κ3) is 3.97. The summed E-state index contributed by atoms with van der Waals surface area (Å²) in [6.45, 7) is 6.13. The average Bonchev–Trinajstić information content (AvgIpc) is 2.68. The zero-order valence-corrected chi connectivity index (χ0v) is 18.1. The van der Waals surface area contributed by atoms with Crippen LogP contribution in [-0.4, -0.2) is 27.0 Å². The van der Waals surface area contributed by atoms with Crippen LogP contribution in [0.15, 0.2) is 47.4 Å². The normalized spacial score (nSPS) is 23.2. The van der Waals surface area contributed by atoms with Crippen LogP contribution in [0.1, 0.15) is 63.5 Å². The standard InChI is InChI=1S/C24H30O4S/c1-4-5-6-13-23(2,22(27)28)21-19-12-11-18(26)14-20(19)29-15-24(21,3)16-7-9-17(25)10-8-16/h7-12,14,21,25-26H,4-6,13,15H2,1-3H3,(H,27,28). The summed E-state index contributed by atoms with van der Waals surface area (Å²) in [5, 5.41) is 30.1. The van der Waals surface area contributed by atoms with E-state index in [-0.39, 0.29) is 17.4 Å². The molecule has 3 N–H and O–H groups in total. The summed E-state index contributed by atoms with van der Waals surface area (Å²) >= 11 is 1.65. The molecule has 1 aliphatic rings. The van der Waals surface area contributed by atoms with Crippen molar-refractivity contribution < 1.29 is 20.1 Å². The number of carboxylic acid groups (broad SMARTS) is 1. The molecule has 5 heteroatoms. The molecule has 2 aromatic rings. The second kappa shape index (κ2) is 8.31. The fourth-order valence-corrected chi connectivity index (χ4v) is 6.14. The minimum atomic E-state index is -0.950. The number of carbonyl (C=O) groups is 1. The molecule has 4 nitrogen and oxygen atoms in total. The Kier molecular flexibility index (Phi) is 6.18. The van der Waals surface area contributed by atoms with E-state index in [0.717, 1.165) is 35.3 Å². The second-order valence-corrected chi connectivity index (χ2v) is 9.61.